The number of carbonyl (C=O) groups is 1. The summed E-state index contributed by atoms with van der Waals surface area (Å²) < 4.78 is 52.5. The van der Waals surface area contributed by atoms with Crippen molar-refractivity contribution in [2.75, 3.05) is 6.54 Å². The summed E-state index contributed by atoms with van der Waals surface area (Å²) >= 11 is 0. The maximum Gasteiger partial charge on any atom is 0.254 e. The van der Waals surface area contributed by atoms with Crippen molar-refractivity contribution in [3.8, 4) is 0 Å². The molecule has 0 aliphatic carbocycles. The summed E-state index contributed by atoms with van der Waals surface area (Å²) in [6.07, 6.45) is 0. The standard InChI is InChI=1S/C15H19F4NO/c1-7(2)10(8(3)4)6-20-15(21)9-5-11(16)13(18)14(19)12(9)17/h5,7-8,10H,6H2,1-4H3,(H,20,21). The van der Waals surface area contributed by atoms with Crippen LogP contribution in [0.3, 0.4) is 0 Å². The Bertz CT molecular complexity index is 521. The molecule has 1 amide bonds. The van der Waals surface area contributed by atoms with Crippen molar-refractivity contribution in [3.05, 3.63) is 34.9 Å². The van der Waals surface area contributed by atoms with Crippen molar-refractivity contribution >= 4 is 5.91 Å². The quantitative estimate of drug-likeness (QED) is 0.499. The van der Waals surface area contributed by atoms with Gasteiger partial charge in [0.15, 0.2) is 23.3 Å². The van der Waals surface area contributed by atoms with E-state index in [1.54, 1.807) is 0 Å². The van der Waals surface area contributed by atoms with Crippen molar-refractivity contribution < 1.29 is 22.4 Å². The molecule has 21 heavy (non-hydrogen) atoms. The van der Waals surface area contributed by atoms with E-state index in [1.807, 2.05) is 27.7 Å². The minimum absolute atomic E-state index is 0.132. The first-order chi connectivity index (χ1) is 9.66. The molecule has 0 bridgehead atoms. The van der Waals surface area contributed by atoms with Crippen LogP contribution in [0.1, 0.15) is 38.1 Å². The number of hydrogen-bond acceptors (Lipinski definition) is 1. The van der Waals surface area contributed by atoms with Crippen molar-refractivity contribution in [2.45, 2.75) is 27.7 Å². The number of benzene rings is 1. The molecule has 0 unspecified atom stereocenters. The van der Waals surface area contributed by atoms with E-state index >= 15 is 0 Å². The smallest absolute Gasteiger partial charge is 0.254 e. The van der Waals surface area contributed by atoms with Crippen LogP contribution in [0.5, 0.6) is 0 Å². The molecule has 0 spiro atoms. The number of hydrogen-bond donors (Lipinski definition) is 1. The van der Waals surface area contributed by atoms with Gasteiger partial charge in [-0.2, -0.15) is 0 Å². The van der Waals surface area contributed by atoms with Crippen LogP contribution in [-0.2, 0) is 0 Å². The average Bonchev–Trinajstić information content (AvgIpc) is 2.39. The van der Waals surface area contributed by atoms with E-state index in [0.29, 0.717) is 6.07 Å². The fraction of sp³-hybridized carbons (Fsp3) is 0.533. The Balaban J connectivity index is 2.91. The van der Waals surface area contributed by atoms with Gasteiger partial charge in [-0.3, -0.25) is 4.79 Å². The molecule has 0 aliphatic rings. The van der Waals surface area contributed by atoms with Gasteiger partial charge in [-0.1, -0.05) is 27.7 Å². The summed E-state index contributed by atoms with van der Waals surface area (Å²) in [6, 6.07) is 0.364. The summed E-state index contributed by atoms with van der Waals surface area (Å²) in [4.78, 5) is 11.8. The molecule has 2 nitrogen and oxygen atoms in total. The van der Waals surface area contributed by atoms with Gasteiger partial charge in [-0.25, -0.2) is 17.6 Å². The molecular formula is C15H19F4NO. The third-order valence-corrected chi connectivity index (χ3v) is 3.56. The second-order valence-electron chi connectivity index (χ2n) is 5.71. The highest BCUT2D eigenvalue weighted by molar-refractivity contribution is 5.94. The molecule has 0 aliphatic heterocycles. The molecule has 1 N–H and O–H groups in total. The summed E-state index contributed by atoms with van der Waals surface area (Å²) in [5.41, 5.74) is -0.835. The lowest BCUT2D eigenvalue weighted by atomic mass is 9.85. The topological polar surface area (TPSA) is 29.1 Å². The zero-order valence-electron chi connectivity index (χ0n) is 12.4. The van der Waals surface area contributed by atoms with E-state index in [4.69, 9.17) is 0 Å². The number of halogens is 4. The van der Waals surface area contributed by atoms with Gasteiger partial charge >= 0.3 is 0 Å². The van der Waals surface area contributed by atoms with Gasteiger partial charge in [0.1, 0.15) is 0 Å². The Morgan fingerprint density at radius 3 is 2.00 bits per heavy atom. The molecule has 1 aromatic carbocycles. The second kappa shape index (κ2) is 6.91. The molecule has 0 saturated heterocycles. The zero-order chi connectivity index (χ0) is 16.3. The van der Waals surface area contributed by atoms with Crippen molar-refractivity contribution in [3.63, 3.8) is 0 Å². The molecular weight excluding hydrogens is 286 g/mol. The molecule has 0 saturated carbocycles. The van der Waals surface area contributed by atoms with Gasteiger partial charge in [0.05, 0.1) is 5.56 Å². The Morgan fingerprint density at radius 2 is 1.52 bits per heavy atom. The van der Waals surface area contributed by atoms with Crippen LogP contribution < -0.4 is 5.32 Å². The SMILES string of the molecule is CC(C)C(CNC(=O)c1cc(F)c(F)c(F)c1F)C(C)C. The summed E-state index contributed by atoms with van der Waals surface area (Å²) in [6.45, 7) is 8.17. The van der Waals surface area contributed by atoms with Crippen LogP contribution in [0.25, 0.3) is 0 Å². The van der Waals surface area contributed by atoms with Gasteiger partial charge in [-0.15, -0.1) is 0 Å². The number of nitrogens with one attached hydrogen (secondary N) is 1. The van der Waals surface area contributed by atoms with Gasteiger partial charge < -0.3 is 5.32 Å². The van der Waals surface area contributed by atoms with Crippen LogP contribution in [0, 0.1) is 41.0 Å². The first-order valence-electron chi connectivity index (χ1n) is 6.78. The van der Waals surface area contributed by atoms with Crippen LogP contribution in [0.15, 0.2) is 6.07 Å². The molecule has 0 heterocycles. The highest BCUT2D eigenvalue weighted by atomic mass is 19.2. The predicted octanol–water partition coefficient (Wildman–Crippen LogP) is 3.90. The molecule has 0 radical (unpaired) electrons. The Morgan fingerprint density at radius 1 is 1.00 bits per heavy atom. The number of amides is 1. The minimum atomic E-state index is -1.98. The maximum atomic E-state index is 13.5. The number of rotatable bonds is 5. The third kappa shape index (κ3) is 3.95. The van der Waals surface area contributed by atoms with E-state index in [0.717, 1.165) is 0 Å². The van der Waals surface area contributed by atoms with E-state index in [2.05, 4.69) is 5.32 Å². The fourth-order valence-corrected chi connectivity index (χ4v) is 2.29. The van der Waals surface area contributed by atoms with Gasteiger partial charge in [0.25, 0.3) is 5.91 Å². The highest BCUT2D eigenvalue weighted by Crippen LogP contribution is 2.21. The maximum absolute atomic E-state index is 13.5. The summed E-state index contributed by atoms with van der Waals surface area (Å²) in [5.74, 6) is -7.46. The van der Waals surface area contributed by atoms with Crippen LogP contribution in [0.2, 0.25) is 0 Å². The van der Waals surface area contributed by atoms with Gasteiger partial charge in [0.2, 0.25) is 0 Å². The fourth-order valence-electron chi connectivity index (χ4n) is 2.29. The van der Waals surface area contributed by atoms with Crippen LogP contribution in [-0.4, -0.2) is 12.5 Å². The highest BCUT2D eigenvalue weighted by Gasteiger charge is 2.24. The van der Waals surface area contributed by atoms with Gasteiger partial charge in [0, 0.05) is 6.54 Å². The second-order valence-corrected chi connectivity index (χ2v) is 5.71. The molecule has 0 fully saturated rings. The lowest BCUT2D eigenvalue weighted by Gasteiger charge is -2.25. The van der Waals surface area contributed by atoms with Crippen molar-refractivity contribution in [1.29, 1.82) is 0 Å². The Labute approximate surface area is 121 Å². The van der Waals surface area contributed by atoms with E-state index in [-0.39, 0.29) is 24.3 Å². The lowest BCUT2D eigenvalue weighted by Crippen LogP contribution is -2.34. The van der Waals surface area contributed by atoms with Crippen molar-refractivity contribution in [1.82, 2.24) is 5.32 Å². The lowest BCUT2D eigenvalue weighted by molar-refractivity contribution is 0.0931. The zero-order valence-corrected chi connectivity index (χ0v) is 12.4. The monoisotopic (exact) mass is 305 g/mol. The Hall–Kier alpha value is -1.59. The van der Waals surface area contributed by atoms with Crippen LogP contribution >= 0.6 is 0 Å². The first-order valence-corrected chi connectivity index (χ1v) is 6.78. The average molecular weight is 305 g/mol. The van der Waals surface area contributed by atoms with E-state index < -0.39 is 34.7 Å². The Kier molecular flexibility index (Phi) is 5.75. The van der Waals surface area contributed by atoms with E-state index in [9.17, 15) is 22.4 Å². The number of carbonyl (C=O) groups excluding carboxylic acids is 1. The predicted molar refractivity (Wildman–Crippen MR) is 71.8 cm³/mol. The first kappa shape index (κ1) is 17.5. The normalized spacial score (nSPS) is 11.6. The summed E-state index contributed by atoms with van der Waals surface area (Å²) in [7, 11) is 0. The molecule has 1 aromatic rings. The molecule has 118 valence electrons. The summed E-state index contributed by atoms with van der Waals surface area (Å²) in [5, 5.41) is 2.44. The van der Waals surface area contributed by atoms with E-state index in [1.165, 1.54) is 0 Å². The third-order valence-electron chi connectivity index (χ3n) is 3.56. The minimum Gasteiger partial charge on any atom is -0.352 e. The molecule has 0 aromatic heterocycles. The molecule has 6 heteroatoms. The molecule has 1 rings (SSSR count). The van der Waals surface area contributed by atoms with Crippen LogP contribution in [0.4, 0.5) is 17.6 Å². The largest absolute Gasteiger partial charge is 0.352 e. The molecule has 0 atom stereocenters. The van der Waals surface area contributed by atoms with Crippen molar-refractivity contribution in [2.24, 2.45) is 17.8 Å². The van der Waals surface area contributed by atoms with Gasteiger partial charge in [-0.05, 0) is 23.8 Å².